The Hall–Kier alpha value is -1.35. The van der Waals surface area contributed by atoms with Gasteiger partial charge in [-0.1, -0.05) is 38.0 Å². The molecule has 0 N–H and O–H groups in total. The predicted molar refractivity (Wildman–Crippen MR) is 69.1 cm³/mol. The SMILES string of the molecule is Cc1ccccc1C(=O)OOC1CCCCC1C. The van der Waals surface area contributed by atoms with Gasteiger partial charge in [0, 0.05) is 0 Å². The highest BCUT2D eigenvalue weighted by Crippen LogP contribution is 2.26. The van der Waals surface area contributed by atoms with E-state index in [0.717, 1.165) is 24.8 Å². The third kappa shape index (κ3) is 3.10. The Morgan fingerprint density at radius 3 is 2.67 bits per heavy atom. The van der Waals surface area contributed by atoms with Crippen molar-refractivity contribution in [3.8, 4) is 0 Å². The topological polar surface area (TPSA) is 35.5 Å². The summed E-state index contributed by atoms with van der Waals surface area (Å²) in [6.07, 6.45) is 4.56. The number of aryl methyl sites for hydroxylation is 1. The van der Waals surface area contributed by atoms with Gasteiger partial charge in [0.2, 0.25) is 0 Å². The van der Waals surface area contributed by atoms with E-state index in [1.807, 2.05) is 25.1 Å². The number of hydrogen-bond acceptors (Lipinski definition) is 3. The van der Waals surface area contributed by atoms with Gasteiger partial charge in [0.15, 0.2) is 0 Å². The highest BCUT2D eigenvalue weighted by Gasteiger charge is 2.24. The normalized spacial score (nSPS) is 23.7. The van der Waals surface area contributed by atoms with Gasteiger partial charge >= 0.3 is 5.97 Å². The first-order valence-electron chi connectivity index (χ1n) is 6.62. The van der Waals surface area contributed by atoms with Crippen molar-refractivity contribution in [2.45, 2.75) is 45.6 Å². The monoisotopic (exact) mass is 248 g/mol. The predicted octanol–water partition coefficient (Wildman–Crippen LogP) is 3.66. The third-order valence-corrected chi connectivity index (χ3v) is 3.65. The average molecular weight is 248 g/mol. The van der Waals surface area contributed by atoms with Crippen molar-refractivity contribution in [3.63, 3.8) is 0 Å². The van der Waals surface area contributed by atoms with Gasteiger partial charge in [-0.3, -0.25) is 4.89 Å². The highest BCUT2D eigenvalue weighted by molar-refractivity contribution is 5.90. The van der Waals surface area contributed by atoms with Crippen molar-refractivity contribution in [1.29, 1.82) is 0 Å². The van der Waals surface area contributed by atoms with Crippen LogP contribution in [-0.4, -0.2) is 12.1 Å². The fourth-order valence-corrected chi connectivity index (χ4v) is 2.38. The van der Waals surface area contributed by atoms with E-state index in [1.54, 1.807) is 6.07 Å². The smallest absolute Gasteiger partial charge is 0.293 e. The molecule has 1 saturated carbocycles. The van der Waals surface area contributed by atoms with Gasteiger partial charge in [-0.15, -0.1) is 0 Å². The molecule has 0 aliphatic heterocycles. The molecule has 0 saturated heterocycles. The maximum absolute atomic E-state index is 11.9. The minimum Gasteiger partial charge on any atom is -0.293 e. The molecule has 0 radical (unpaired) electrons. The van der Waals surface area contributed by atoms with Gasteiger partial charge in [-0.2, -0.15) is 4.89 Å². The molecule has 2 rings (SSSR count). The summed E-state index contributed by atoms with van der Waals surface area (Å²) in [6, 6.07) is 7.37. The van der Waals surface area contributed by atoms with Gasteiger partial charge in [-0.05, 0) is 37.3 Å². The zero-order chi connectivity index (χ0) is 13.0. The molecule has 1 aliphatic rings. The quantitative estimate of drug-likeness (QED) is 0.605. The van der Waals surface area contributed by atoms with Crippen LogP contribution < -0.4 is 0 Å². The van der Waals surface area contributed by atoms with Crippen LogP contribution in [0, 0.1) is 12.8 Å². The second kappa shape index (κ2) is 6.01. The van der Waals surface area contributed by atoms with Crippen molar-refractivity contribution < 1.29 is 14.6 Å². The molecule has 98 valence electrons. The Morgan fingerprint density at radius 1 is 1.22 bits per heavy atom. The van der Waals surface area contributed by atoms with Crippen molar-refractivity contribution >= 4 is 5.97 Å². The molecule has 1 aromatic rings. The summed E-state index contributed by atoms with van der Waals surface area (Å²) in [4.78, 5) is 22.2. The molecule has 3 heteroatoms. The average Bonchev–Trinajstić information content (AvgIpc) is 2.38. The molecular formula is C15H20O3. The fraction of sp³-hybridized carbons (Fsp3) is 0.533. The van der Waals surface area contributed by atoms with E-state index in [9.17, 15) is 4.79 Å². The molecule has 2 atom stereocenters. The molecule has 1 aliphatic carbocycles. The van der Waals surface area contributed by atoms with Gasteiger partial charge in [-0.25, -0.2) is 4.79 Å². The van der Waals surface area contributed by atoms with Gasteiger partial charge in [0.25, 0.3) is 0 Å². The number of benzene rings is 1. The largest absolute Gasteiger partial charge is 0.373 e. The van der Waals surface area contributed by atoms with Gasteiger partial charge in [0.05, 0.1) is 5.56 Å². The molecule has 18 heavy (non-hydrogen) atoms. The Kier molecular flexibility index (Phi) is 4.37. The van der Waals surface area contributed by atoms with Crippen LogP contribution in [-0.2, 0) is 9.78 Å². The summed E-state index contributed by atoms with van der Waals surface area (Å²) in [6.45, 7) is 4.03. The van der Waals surface area contributed by atoms with Crippen molar-refractivity contribution in [3.05, 3.63) is 35.4 Å². The van der Waals surface area contributed by atoms with Crippen molar-refractivity contribution in [2.75, 3.05) is 0 Å². The molecule has 0 aromatic heterocycles. The lowest BCUT2D eigenvalue weighted by Crippen LogP contribution is -2.27. The summed E-state index contributed by atoms with van der Waals surface area (Å²) in [7, 11) is 0. The van der Waals surface area contributed by atoms with E-state index in [2.05, 4.69) is 6.92 Å². The molecule has 0 amide bonds. The number of carbonyl (C=O) groups is 1. The van der Waals surface area contributed by atoms with E-state index in [4.69, 9.17) is 9.78 Å². The van der Waals surface area contributed by atoms with Gasteiger partial charge < -0.3 is 0 Å². The zero-order valence-electron chi connectivity index (χ0n) is 11.0. The first-order chi connectivity index (χ1) is 8.68. The maximum Gasteiger partial charge on any atom is 0.373 e. The minimum absolute atomic E-state index is 0.0479. The van der Waals surface area contributed by atoms with E-state index in [1.165, 1.54) is 6.42 Å². The van der Waals surface area contributed by atoms with E-state index >= 15 is 0 Å². The van der Waals surface area contributed by atoms with Crippen LogP contribution in [0.15, 0.2) is 24.3 Å². The lowest BCUT2D eigenvalue weighted by molar-refractivity contribution is -0.289. The highest BCUT2D eigenvalue weighted by atomic mass is 17.2. The lowest BCUT2D eigenvalue weighted by atomic mass is 9.88. The second-order valence-electron chi connectivity index (χ2n) is 5.08. The third-order valence-electron chi connectivity index (χ3n) is 3.65. The lowest BCUT2D eigenvalue weighted by Gasteiger charge is -2.26. The standard InChI is InChI=1S/C15H20O3/c1-11-7-3-5-9-13(11)15(16)18-17-14-10-6-4-8-12(14)2/h3,5,7,9,12,14H,4,6,8,10H2,1-2H3. The Balaban J connectivity index is 1.90. The Labute approximate surface area is 108 Å². The summed E-state index contributed by atoms with van der Waals surface area (Å²) in [5.74, 6) is 0.0642. The molecule has 0 bridgehead atoms. The van der Waals surface area contributed by atoms with Crippen molar-refractivity contribution in [2.24, 2.45) is 5.92 Å². The van der Waals surface area contributed by atoms with Crippen LogP contribution in [0.2, 0.25) is 0 Å². The Bertz CT molecular complexity index is 414. The summed E-state index contributed by atoms with van der Waals surface area (Å²) in [5, 5.41) is 0. The molecule has 0 heterocycles. The van der Waals surface area contributed by atoms with Gasteiger partial charge in [0.1, 0.15) is 6.10 Å². The van der Waals surface area contributed by atoms with Crippen LogP contribution >= 0.6 is 0 Å². The zero-order valence-corrected chi connectivity index (χ0v) is 11.0. The van der Waals surface area contributed by atoms with E-state index < -0.39 is 5.97 Å². The van der Waals surface area contributed by atoms with Crippen LogP contribution in [0.4, 0.5) is 0 Å². The fourth-order valence-electron chi connectivity index (χ4n) is 2.38. The molecule has 3 nitrogen and oxygen atoms in total. The summed E-state index contributed by atoms with van der Waals surface area (Å²) >= 11 is 0. The molecular weight excluding hydrogens is 228 g/mol. The molecule has 2 unspecified atom stereocenters. The number of hydrogen-bond donors (Lipinski definition) is 0. The van der Waals surface area contributed by atoms with Crippen molar-refractivity contribution in [1.82, 2.24) is 0 Å². The second-order valence-corrected chi connectivity index (χ2v) is 5.08. The summed E-state index contributed by atoms with van der Waals surface area (Å²) in [5.41, 5.74) is 1.48. The minimum atomic E-state index is -0.397. The molecule has 1 aromatic carbocycles. The van der Waals surface area contributed by atoms with Crippen LogP contribution in [0.3, 0.4) is 0 Å². The Morgan fingerprint density at radius 2 is 1.94 bits per heavy atom. The maximum atomic E-state index is 11.9. The summed E-state index contributed by atoms with van der Waals surface area (Å²) < 4.78 is 0. The number of carbonyl (C=O) groups excluding carboxylic acids is 1. The van der Waals surface area contributed by atoms with Crippen LogP contribution in [0.5, 0.6) is 0 Å². The van der Waals surface area contributed by atoms with Crippen LogP contribution in [0.25, 0.3) is 0 Å². The number of rotatable bonds is 3. The first-order valence-corrected chi connectivity index (χ1v) is 6.62. The van der Waals surface area contributed by atoms with E-state index in [-0.39, 0.29) is 6.10 Å². The van der Waals surface area contributed by atoms with E-state index in [0.29, 0.717) is 11.5 Å². The molecule has 1 fully saturated rings. The van der Waals surface area contributed by atoms with Crippen LogP contribution in [0.1, 0.15) is 48.5 Å². The molecule has 0 spiro atoms. The first kappa shape index (κ1) is 13.1.